The highest BCUT2D eigenvalue weighted by Crippen LogP contribution is 2.62. The van der Waals surface area contributed by atoms with E-state index in [9.17, 15) is 13.2 Å². The SMILES string of the molecule is CC.COc1cc2ncc(-c3nc(NC4CNCCC4F)c(F)cc3F)n2nc1C1CC2(CCC2)C1. The zero-order chi connectivity index (χ0) is 25.4. The molecule has 3 aliphatic rings. The quantitative estimate of drug-likeness (QED) is 0.496. The number of pyridine rings is 1. The number of rotatable bonds is 5. The molecule has 1 saturated heterocycles. The molecule has 2 N–H and O–H groups in total. The highest BCUT2D eigenvalue weighted by molar-refractivity contribution is 5.63. The van der Waals surface area contributed by atoms with Crippen LogP contribution in [0.25, 0.3) is 17.0 Å². The van der Waals surface area contributed by atoms with Gasteiger partial charge in [-0.1, -0.05) is 20.3 Å². The molecule has 2 atom stereocenters. The van der Waals surface area contributed by atoms with Crippen LogP contribution in [0.3, 0.4) is 0 Å². The Kier molecular flexibility index (Phi) is 6.80. The van der Waals surface area contributed by atoms with E-state index in [0.29, 0.717) is 42.0 Å². The van der Waals surface area contributed by atoms with Crippen molar-refractivity contribution in [3.63, 3.8) is 0 Å². The van der Waals surface area contributed by atoms with Crippen LogP contribution in [0.4, 0.5) is 19.0 Å². The first-order valence-electron chi connectivity index (χ1n) is 12.9. The summed E-state index contributed by atoms with van der Waals surface area (Å²) >= 11 is 0. The van der Waals surface area contributed by atoms with E-state index < -0.39 is 23.8 Å². The van der Waals surface area contributed by atoms with Crippen molar-refractivity contribution in [2.24, 2.45) is 5.41 Å². The number of aromatic nitrogens is 4. The first kappa shape index (κ1) is 24.8. The third-order valence-corrected chi connectivity index (χ3v) is 7.76. The molecular formula is C26H33F3N6O. The predicted molar refractivity (Wildman–Crippen MR) is 132 cm³/mol. The fraction of sp³-hybridized carbons (Fsp3) is 0.577. The number of anilines is 1. The van der Waals surface area contributed by atoms with Gasteiger partial charge in [-0.2, -0.15) is 5.10 Å². The van der Waals surface area contributed by atoms with E-state index in [1.54, 1.807) is 13.2 Å². The summed E-state index contributed by atoms with van der Waals surface area (Å²) in [5, 5.41) is 10.7. The van der Waals surface area contributed by atoms with Crippen LogP contribution in [0.5, 0.6) is 5.75 Å². The molecule has 3 aromatic rings. The van der Waals surface area contributed by atoms with E-state index in [0.717, 1.165) is 24.6 Å². The van der Waals surface area contributed by atoms with Crippen LogP contribution in [0.2, 0.25) is 0 Å². The molecule has 0 radical (unpaired) electrons. The molecule has 2 aliphatic carbocycles. The highest BCUT2D eigenvalue weighted by Gasteiger charge is 2.49. The maximum Gasteiger partial charge on any atom is 0.168 e. The minimum absolute atomic E-state index is 0.0942. The van der Waals surface area contributed by atoms with Crippen molar-refractivity contribution in [2.45, 2.75) is 70.5 Å². The number of alkyl halides is 1. The molecule has 4 heterocycles. The Morgan fingerprint density at radius 1 is 1.17 bits per heavy atom. The van der Waals surface area contributed by atoms with Crippen LogP contribution in [0, 0.1) is 17.0 Å². The van der Waals surface area contributed by atoms with E-state index >= 15 is 0 Å². The number of imidazole rings is 1. The van der Waals surface area contributed by atoms with E-state index in [1.807, 2.05) is 13.8 Å². The van der Waals surface area contributed by atoms with Gasteiger partial charge in [0.05, 0.1) is 19.3 Å². The second-order valence-corrected chi connectivity index (χ2v) is 9.88. The number of nitrogens with zero attached hydrogens (tertiary/aromatic N) is 4. The Balaban J connectivity index is 0.00000130. The lowest BCUT2D eigenvalue weighted by atomic mass is 9.51. The summed E-state index contributed by atoms with van der Waals surface area (Å²) < 4.78 is 50.9. The number of fused-ring (bicyclic) bond motifs is 1. The number of halogens is 3. The molecule has 3 aromatic heterocycles. The van der Waals surface area contributed by atoms with Gasteiger partial charge in [-0.25, -0.2) is 27.7 Å². The first-order chi connectivity index (χ1) is 17.5. The van der Waals surface area contributed by atoms with Crippen LogP contribution in [0.15, 0.2) is 18.3 Å². The molecular weight excluding hydrogens is 469 g/mol. The third-order valence-electron chi connectivity index (χ3n) is 7.76. The molecule has 2 saturated carbocycles. The third kappa shape index (κ3) is 4.29. The summed E-state index contributed by atoms with van der Waals surface area (Å²) in [4.78, 5) is 8.56. The van der Waals surface area contributed by atoms with Crippen molar-refractivity contribution in [2.75, 3.05) is 25.5 Å². The smallest absolute Gasteiger partial charge is 0.168 e. The Morgan fingerprint density at radius 2 is 1.94 bits per heavy atom. The minimum atomic E-state index is -1.15. The highest BCUT2D eigenvalue weighted by atomic mass is 19.1. The average molecular weight is 503 g/mol. The maximum atomic E-state index is 14.9. The van der Waals surface area contributed by atoms with Crippen LogP contribution in [0.1, 0.15) is 64.0 Å². The minimum Gasteiger partial charge on any atom is -0.495 e. The standard InChI is InChI=1S/C24H27F3N6O.C2H6/c1-34-19-8-20-29-12-18(33(20)32-21(19)13-9-24(10-13)4-2-5-24)22-15(26)7-16(27)23(31-22)30-17-11-28-6-3-14(17)25;1-2/h7-8,12-14,17,28H,2-6,9-11H2,1H3,(H,30,31);1-2H3. The molecule has 3 fully saturated rings. The topological polar surface area (TPSA) is 76.4 Å². The molecule has 1 aliphatic heterocycles. The zero-order valence-electron chi connectivity index (χ0n) is 21.0. The first-order valence-corrected chi connectivity index (χ1v) is 12.9. The van der Waals surface area contributed by atoms with E-state index in [1.165, 1.54) is 30.0 Å². The van der Waals surface area contributed by atoms with Crippen molar-refractivity contribution in [1.29, 1.82) is 0 Å². The number of nitrogens with one attached hydrogen (secondary N) is 2. The Labute approximate surface area is 208 Å². The lowest BCUT2D eigenvalue weighted by Crippen LogP contribution is -2.46. The molecule has 1 spiro atoms. The number of piperidine rings is 1. The molecule has 6 rings (SSSR count). The molecule has 0 amide bonds. The summed E-state index contributed by atoms with van der Waals surface area (Å²) in [6, 6.07) is 1.91. The molecule has 0 aromatic carbocycles. The van der Waals surface area contributed by atoms with Gasteiger partial charge in [-0.05, 0) is 44.1 Å². The average Bonchev–Trinajstić information content (AvgIpc) is 3.23. The van der Waals surface area contributed by atoms with Crippen LogP contribution in [-0.4, -0.2) is 52.0 Å². The Bertz CT molecular complexity index is 1240. The van der Waals surface area contributed by atoms with Gasteiger partial charge in [0, 0.05) is 24.6 Å². The Hall–Kier alpha value is -2.88. The summed E-state index contributed by atoms with van der Waals surface area (Å²) in [5.41, 5.74) is 1.96. The van der Waals surface area contributed by atoms with E-state index in [-0.39, 0.29) is 17.4 Å². The van der Waals surface area contributed by atoms with E-state index in [2.05, 4.69) is 20.6 Å². The van der Waals surface area contributed by atoms with Crippen molar-refractivity contribution in [3.8, 4) is 17.1 Å². The predicted octanol–water partition coefficient (Wildman–Crippen LogP) is 5.26. The molecule has 36 heavy (non-hydrogen) atoms. The monoisotopic (exact) mass is 502 g/mol. The fourth-order valence-corrected chi connectivity index (χ4v) is 5.67. The van der Waals surface area contributed by atoms with Crippen molar-refractivity contribution in [1.82, 2.24) is 24.9 Å². The van der Waals surface area contributed by atoms with Gasteiger partial charge in [0.15, 0.2) is 23.1 Å². The van der Waals surface area contributed by atoms with Gasteiger partial charge in [-0.15, -0.1) is 0 Å². The summed E-state index contributed by atoms with van der Waals surface area (Å²) in [7, 11) is 1.61. The van der Waals surface area contributed by atoms with Crippen molar-refractivity contribution in [3.05, 3.63) is 35.7 Å². The second-order valence-electron chi connectivity index (χ2n) is 9.88. The number of hydrogen-bond acceptors (Lipinski definition) is 6. The number of hydrogen-bond donors (Lipinski definition) is 2. The van der Waals surface area contributed by atoms with Crippen LogP contribution in [-0.2, 0) is 0 Å². The normalized spacial score (nSPS) is 22.9. The molecule has 0 bridgehead atoms. The summed E-state index contributed by atoms with van der Waals surface area (Å²) in [5.74, 6) is -0.957. The van der Waals surface area contributed by atoms with Crippen LogP contribution >= 0.6 is 0 Å². The summed E-state index contributed by atoms with van der Waals surface area (Å²) in [6.45, 7) is 4.89. The molecule has 10 heteroatoms. The van der Waals surface area contributed by atoms with Crippen molar-refractivity contribution < 1.29 is 17.9 Å². The molecule has 7 nitrogen and oxygen atoms in total. The largest absolute Gasteiger partial charge is 0.495 e. The zero-order valence-corrected chi connectivity index (χ0v) is 21.0. The lowest BCUT2D eigenvalue weighted by molar-refractivity contribution is 0.00648. The Morgan fingerprint density at radius 3 is 2.61 bits per heavy atom. The van der Waals surface area contributed by atoms with Crippen molar-refractivity contribution >= 4 is 11.5 Å². The van der Waals surface area contributed by atoms with Gasteiger partial charge >= 0.3 is 0 Å². The van der Waals surface area contributed by atoms with Gasteiger partial charge in [-0.3, -0.25) is 0 Å². The number of ether oxygens (including phenoxy) is 1. The maximum absolute atomic E-state index is 14.9. The molecule has 194 valence electrons. The summed E-state index contributed by atoms with van der Waals surface area (Å²) in [6.07, 6.45) is 6.59. The van der Waals surface area contributed by atoms with Gasteiger partial charge in [0.25, 0.3) is 0 Å². The lowest BCUT2D eigenvalue weighted by Gasteiger charge is -2.54. The van der Waals surface area contributed by atoms with Crippen LogP contribution < -0.4 is 15.4 Å². The van der Waals surface area contributed by atoms with Gasteiger partial charge in [0.2, 0.25) is 0 Å². The fourth-order valence-electron chi connectivity index (χ4n) is 5.67. The second kappa shape index (κ2) is 9.88. The van der Waals surface area contributed by atoms with Gasteiger partial charge < -0.3 is 15.4 Å². The number of methoxy groups -OCH3 is 1. The molecule has 2 unspecified atom stereocenters. The van der Waals surface area contributed by atoms with Gasteiger partial charge in [0.1, 0.15) is 29.0 Å². The van der Waals surface area contributed by atoms with E-state index in [4.69, 9.17) is 9.84 Å².